The molecule has 0 saturated heterocycles. The van der Waals surface area contributed by atoms with Crippen molar-refractivity contribution in [3.8, 4) is 0 Å². The summed E-state index contributed by atoms with van der Waals surface area (Å²) in [6, 6.07) is 0. The second kappa shape index (κ2) is 3.21. The molecule has 0 bridgehead atoms. The molecule has 12 heavy (non-hydrogen) atoms. The molecular formula is C8H12N4. The Balaban J connectivity index is 2.89. The monoisotopic (exact) mass is 164 g/mol. The van der Waals surface area contributed by atoms with Crippen molar-refractivity contribution in [2.45, 2.75) is 6.92 Å². The van der Waals surface area contributed by atoms with Crippen LogP contribution in [0.3, 0.4) is 0 Å². The van der Waals surface area contributed by atoms with E-state index in [1.807, 2.05) is 20.2 Å². The molecule has 0 amide bonds. The first-order valence-electron chi connectivity index (χ1n) is 3.58. The van der Waals surface area contributed by atoms with Crippen LogP contribution in [0.15, 0.2) is 23.6 Å². The molecule has 0 fully saturated rings. The van der Waals surface area contributed by atoms with Crippen LogP contribution in [0.2, 0.25) is 0 Å². The minimum Gasteiger partial charge on any atom is -0.384 e. The lowest BCUT2D eigenvalue weighted by atomic mass is 10.3. The molecule has 1 aromatic heterocycles. The average Bonchev–Trinajstić information content (AvgIpc) is 2.26. The molecule has 0 unspecified atom stereocenters. The van der Waals surface area contributed by atoms with Gasteiger partial charge in [-0.15, -0.1) is 0 Å². The lowest BCUT2D eigenvalue weighted by Crippen LogP contribution is -1.94. The van der Waals surface area contributed by atoms with Crippen LogP contribution >= 0.6 is 0 Å². The summed E-state index contributed by atoms with van der Waals surface area (Å²) in [5.41, 5.74) is 7.17. The maximum Gasteiger partial charge on any atom is 0.116 e. The summed E-state index contributed by atoms with van der Waals surface area (Å²) < 4.78 is 1.73. The molecule has 1 aromatic rings. The fourth-order valence-electron chi connectivity index (χ4n) is 0.896. The Morgan fingerprint density at radius 2 is 2.50 bits per heavy atom. The first-order chi connectivity index (χ1) is 5.59. The van der Waals surface area contributed by atoms with Gasteiger partial charge in [0.15, 0.2) is 0 Å². The molecule has 4 heteroatoms. The van der Waals surface area contributed by atoms with E-state index in [2.05, 4.69) is 16.7 Å². The second-order valence-electron chi connectivity index (χ2n) is 2.62. The summed E-state index contributed by atoms with van der Waals surface area (Å²) in [6.45, 7) is 5.42. The third-order valence-corrected chi connectivity index (χ3v) is 1.40. The van der Waals surface area contributed by atoms with E-state index in [0.29, 0.717) is 5.82 Å². The van der Waals surface area contributed by atoms with Gasteiger partial charge >= 0.3 is 0 Å². The van der Waals surface area contributed by atoms with Crippen molar-refractivity contribution in [3.05, 3.63) is 29.9 Å². The maximum absolute atomic E-state index is 5.27. The zero-order valence-corrected chi connectivity index (χ0v) is 7.28. The molecule has 0 radical (unpaired) electrons. The van der Waals surface area contributed by atoms with Crippen LogP contribution in [0.4, 0.5) is 0 Å². The molecule has 1 heterocycles. The van der Waals surface area contributed by atoms with E-state index in [1.165, 1.54) is 0 Å². The predicted octanol–water partition coefficient (Wildman–Crippen LogP) is 0.577. The van der Waals surface area contributed by atoms with Crippen molar-refractivity contribution in [3.63, 3.8) is 0 Å². The van der Waals surface area contributed by atoms with E-state index in [0.717, 1.165) is 11.3 Å². The number of hydrogen-bond donors (Lipinski definition) is 1. The highest BCUT2D eigenvalue weighted by atomic mass is 15.3. The summed E-state index contributed by atoms with van der Waals surface area (Å²) in [4.78, 5) is 3.85. The van der Waals surface area contributed by atoms with Gasteiger partial charge in [0.2, 0.25) is 0 Å². The number of rotatable bonds is 2. The SMILES string of the molecule is C=C(N)/N=C\c1nn(C)cc1C. The van der Waals surface area contributed by atoms with E-state index in [-0.39, 0.29) is 0 Å². The van der Waals surface area contributed by atoms with Crippen LogP contribution in [0.1, 0.15) is 11.3 Å². The molecule has 0 atom stereocenters. The lowest BCUT2D eigenvalue weighted by Gasteiger charge is -1.87. The number of nitrogens with zero attached hydrogens (tertiary/aromatic N) is 3. The van der Waals surface area contributed by atoms with Gasteiger partial charge in [-0.05, 0) is 12.5 Å². The van der Waals surface area contributed by atoms with Gasteiger partial charge in [-0.25, -0.2) is 4.99 Å². The van der Waals surface area contributed by atoms with Crippen LogP contribution in [-0.2, 0) is 7.05 Å². The van der Waals surface area contributed by atoms with Crippen molar-refractivity contribution in [1.82, 2.24) is 9.78 Å². The van der Waals surface area contributed by atoms with E-state index < -0.39 is 0 Å². The normalized spacial score (nSPS) is 10.8. The maximum atomic E-state index is 5.27. The standard InChI is InChI=1S/C8H12N4/c1-6-5-12(3)11-8(6)4-10-7(2)9/h4-5H,2,9H2,1,3H3/b10-4-. The summed E-state index contributed by atoms with van der Waals surface area (Å²) >= 11 is 0. The molecule has 2 N–H and O–H groups in total. The Kier molecular flexibility index (Phi) is 2.28. The topological polar surface area (TPSA) is 56.2 Å². The van der Waals surface area contributed by atoms with Crippen molar-refractivity contribution >= 4 is 6.21 Å². The first kappa shape index (κ1) is 8.52. The minimum absolute atomic E-state index is 0.292. The molecule has 4 nitrogen and oxygen atoms in total. The zero-order chi connectivity index (χ0) is 9.14. The fourth-order valence-corrected chi connectivity index (χ4v) is 0.896. The van der Waals surface area contributed by atoms with Crippen LogP contribution in [0.25, 0.3) is 0 Å². The largest absolute Gasteiger partial charge is 0.384 e. The number of aliphatic imine (C=N–C) groups is 1. The molecule has 0 saturated carbocycles. The molecule has 0 aliphatic rings. The quantitative estimate of drug-likeness (QED) is 0.650. The average molecular weight is 164 g/mol. The molecule has 0 aliphatic carbocycles. The lowest BCUT2D eigenvalue weighted by molar-refractivity contribution is 0.765. The first-order valence-corrected chi connectivity index (χ1v) is 3.58. The van der Waals surface area contributed by atoms with Gasteiger partial charge in [-0.2, -0.15) is 5.10 Å². The highest BCUT2D eigenvalue weighted by Gasteiger charge is 1.98. The van der Waals surface area contributed by atoms with Gasteiger partial charge < -0.3 is 5.73 Å². The number of aryl methyl sites for hydroxylation is 2. The molecule has 64 valence electrons. The van der Waals surface area contributed by atoms with Gasteiger partial charge in [0.05, 0.1) is 6.21 Å². The summed E-state index contributed by atoms with van der Waals surface area (Å²) in [6.07, 6.45) is 3.53. The van der Waals surface area contributed by atoms with Gasteiger partial charge in [-0.1, -0.05) is 6.58 Å². The van der Waals surface area contributed by atoms with Crippen molar-refractivity contribution in [1.29, 1.82) is 0 Å². The highest BCUT2D eigenvalue weighted by Crippen LogP contribution is 2.00. The molecule has 0 aliphatic heterocycles. The van der Waals surface area contributed by atoms with Crippen LogP contribution in [-0.4, -0.2) is 16.0 Å². The second-order valence-corrected chi connectivity index (χ2v) is 2.62. The predicted molar refractivity (Wildman–Crippen MR) is 48.9 cm³/mol. The smallest absolute Gasteiger partial charge is 0.116 e. The zero-order valence-electron chi connectivity index (χ0n) is 7.28. The molecule has 1 rings (SSSR count). The summed E-state index contributed by atoms with van der Waals surface area (Å²) in [7, 11) is 1.86. The Labute approximate surface area is 71.4 Å². The van der Waals surface area contributed by atoms with Gasteiger partial charge in [0.1, 0.15) is 11.5 Å². The fraction of sp³-hybridized carbons (Fsp3) is 0.250. The summed E-state index contributed by atoms with van der Waals surface area (Å²) in [5, 5.41) is 4.15. The van der Waals surface area contributed by atoms with Crippen LogP contribution in [0, 0.1) is 6.92 Å². The number of nitrogens with two attached hydrogens (primary N) is 1. The van der Waals surface area contributed by atoms with Crippen LogP contribution in [0.5, 0.6) is 0 Å². The van der Waals surface area contributed by atoms with Gasteiger partial charge in [0, 0.05) is 13.2 Å². The van der Waals surface area contributed by atoms with Gasteiger partial charge in [-0.3, -0.25) is 4.68 Å². The third kappa shape index (κ3) is 1.95. The Morgan fingerprint density at radius 3 is 2.92 bits per heavy atom. The molecular weight excluding hydrogens is 152 g/mol. The minimum atomic E-state index is 0.292. The molecule has 0 spiro atoms. The highest BCUT2D eigenvalue weighted by molar-refractivity contribution is 5.79. The number of hydrogen-bond acceptors (Lipinski definition) is 3. The third-order valence-electron chi connectivity index (χ3n) is 1.40. The van der Waals surface area contributed by atoms with Crippen molar-refractivity contribution in [2.75, 3.05) is 0 Å². The summed E-state index contributed by atoms with van der Waals surface area (Å²) in [5.74, 6) is 0.292. The van der Waals surface area contributed by atoms with E-state index in [1.54, 1.807) is 10.9 Å². The van der Waals surface area contributed by atoms with Crippen molar-refractivity contribution < 1.29 is 0 Å². The Hall–Kier alpha value is -1.58. The van der Waals surface area contributed by atoms with E-state index in [9.17, 15) is 0 Å². The van der Waals surface area contributed by atoms with Crippen molar-refractivity contribution in [2.24, 2.45) is 17.8 Å². The van der Waals surface area contributed by atoms with Gasteiger partial charge in [0.25, 0.3) is 0 Å². The number of aromatic nitrogens is 2. The Morgan fingerprint density at radius 1 is 1.83 bits per heavy atom. The van der Waals surface area contributed by atoms with E-state index >= 15 is 0 Å². The Bertz CT molecular complexity index is 322. The van der Waals surface area contributed by atoms with E-state index in [4.69, 9.17) is 5.73 Å². The van der Waals surface area contributed by atoms with Crippen LogP contribution < -0.4 is 5.73 Å². The molecule has 0 aromatic carbocycles.